The first-order valence-electron chi connectivity index (χ1n) is 15.0. The van der Waals surface area contributed by atoms with Crippen LogP contribution in [0.5, 0.6) is 5.75 Å². The summed E-state index contributed by atoms with van der Waals surface area (Å²) < 4.78 is 32.0. The van der Waals surface area contributed by atoms with Crippen molar-refractivity contribution in [2.24, 2.45) is 0 Å². The molecule has 1 aliphatic rings. The van der Waals surface area contributed by atoms with Crippen LogP contribution < -0.4 is 4.74 Å². The zero-order valence-corrected chi connectivity index (χ0v) is 27.8. The van der Waals surface area contributed by atoms with Gasteiger partial charge in [0.2, 0.25) is 0 Å². The van der Waals surface area contributed by atoms with E-state index in [9.17, 15) is 10.2 Å². The van der Waals surface area contributed by atoms with Crippen molar-refractivity contribution in [3.05, 3.63) is 64.1 Å². The highest BCUT2D eigenvalue weighted by Crippen LogP contribution is 2.32. The summed E-state index contributed by atoms with van der Waals surface area (Å²) in [6.45, 7) is 9.46. The van der Waals surface area contributed by atoms with Crippen LogP contribution in [-0.2, 0) is 31.9 Å². The van der Waals surface area contributed by atoms with Crippen molar-refractivity contribution in [3.8, 4) is 5.75 Å². The highest BCUT2D eigenvalue weighted by molar-refractivity contribution is 9.10. The summed E-state index contributed by atoms with van der Waals surface area (Å²) in [6, 6.07) is 18.9. The molecule has 0 unspecified atom stereocenters. The van der Waals surface area contributed by atoms with Gasteiger partial charge in [-0.15, -0.1) is 0 Å². The lowest BCUT2D eigenvalue weighted by molar-refractivity contribution is -0.103. The third-order valence-electron chi connectivity index (χ3n) is 8.46. The van der Waals surface area contributed by atoms with E-state index in [2.05, 4.69) is 43.6 Å². The minimum atomic E-state index is -1.91. The third-order valence-corrected chi connectivity index (χ3v) is 13.7. The molecule has 3 rings (SSSR count). The van der Waals surface area contributed by atoms with E-state index in [0.29, 0.717) is 26.1 Å². The van der Waals surface area contributed by atoms with Crippen LogP contribution in [0.1, 0.15) is 58.1 Å². The van der Waals surface area contributed by atoms with Crippen LogP contribution in [0.15, 0.2) is 53.0 Å². The third kappa shape index (κ3) is 9.86. The average molecular weight is 654 g/mol. The number of ether oxygens (including phenoxy) is 4. The average Bonchev–Trinajstić information content (AvgIpc) is 3.44. The predicted octanol–water partition coefficient (Wildman–Crippen LogP) is 6.63. The van der Waals surface area contributed by atoms with Gasteiger partial charge in [-0.1, -0.05) is 67.9 Å². The maximum atomic E-state index is 11.4. The molecule has 2 aromatic carbocycles. The van der Waals surface area contributed by atoms with Crippen LogP contribution in [0.25, 0.3) is 0 Å². The number of hydrogen-bond acceptors (Lipinski definition) is 7. The highest BCUT2D eigenvalue weighted by atomic mass is 79.9. The Balaban J connectivity index is 1.70. The van der Waals surface area contributed by atoms with Crippen LogP contribution in [-0.4, -0.2) is 68.9 Å². The molecule has 1 aliphatic heterocycles. The summed E-state index contributed by atoms with van der Waals surface area (Å²) >= 11 is 3.46. The molecule has 1 saturated heterocycles. The van der Waals surface area contributed by atoms with Gasteiger partial charge in [-0.2, -0.15) is 0 Å². The fraction of sp³-hybridized carbons (Fsp3) is 0.625. The molecule has 1 fully saturated rings. The number of halogens is 1. The number of hydrogen-bond donors (Lipinski definition) is 2. The molecule has 2 N–H and O–H groups in total. The summed E-state index contributed by atoms with van der Waals surface area (Å²) in [7, 11) is -0.254. The lowest BCUT2D eigenvalue weighted by Crippen LogP contribution is -2.46. The summed E-state index contributed by atoms with van der Waals surface area (Å²) in [6.07, 6.45) is -0.813. The van der Waals surface area contributed by atoms with Crippen molar-refractivity contribution >= 4 is 24.2 Å². The fourth-order valence-electron chi connectivity index (χ4n) is 5.50. The monoisotopic (exact) mass is 652 g/mol. The maximum Gasteiger partial charge on any atom is 0.192 e. The molecule has 2 aromatic rings. The van der Waals surface area contributed by atoms with Crippen molar-refractivity contribution < 1.29 is 33.6 Å². The normalized spacial score (nSPS) is 21.5. The Kier molecular flexibility index (Phi) is 14.3. The van der Waals surface area contributed by atoms with E-state index in [-0.39, 0.29) is 24.9 Å². The molecule has 0 bridgehead atoms. The number of aliphatic hydroxyl groups is 2. The standard InChI is InChI=1S/C32H49BrO7Si/c1-6-28(40-41(7-2,8-3)9-4)30(37-22-24-12-16-26(36-5)17-13-24)18-27(35)29-19-31(32(20-34)39-29)38-21-23-10-14-25(33)15-11-23/h10-17,27-32,34-35H,6-9,18-22H2,1-5H3/t27-,28+,29-,30-,31-,32-/m0/s1. The molecule has 41 heavy (non-hydrogen) atoms. The van der Waals surface area contributed by atoms with Gasteiger partial charge in [0.1, 0.15) is 11.9 Å². The van der Waals surface area contributed by atoms with Gasteiger partial charge >= 0.3 is 0 Å². The second-order valence-corrected chi connectivity index (χ2v) is 16.6. The molecule has 0 aliphatic carbocycles. The molecule has 0 amide bonds. The van der Waals surface area contributed by atoms with Gasteiger partial charge in [-0.25, -0.2) is 0 Å². The molecular weight excluding hydrogens is 604 g/mol. The van der Waals surface area contributed by atoms with Crippen molar-refractivity contribution in [1.29, 1.82) is 0 Å². The second kappa shape index (κ2) is 17.1. The lowest BCUT2D eigenvalue weighted by Gasteiger charge is -2.37. The van der Waals surface area contributed by atoms with E-state index in [1.165, 1.54) is 0 Å². The molecule has 7 nitrogen and oxygen atoms in total. The highest BCUT2D eigenvalue weighted by Gasteiger charge is 2.41. The van der Waals surface area contributed by atoms with Crippen molar-refractivity contribution in [2.45, 2.75) is 115 Å². The van der Waals surface area contributed by atoms with Crippen molar-refractivity contribution in [2.75, 3.05) is 13.7 Å². The van der Waals surface area contributed by atoms with Gasteiger partial charge in [0.05, 0.1) is 57.5 Å². The first-order valence-corrected chi connectivity index (χ1v) is 18.3. The quantitative estimate of drug-likeness (QED) is 0.175. The van der Waals surface area contributed by atoms with Crippen molar-refractivity contribution in [3.63, 3.8) is 0 Å². The Labute approximate surface area is 255 Å². The van der Waals surface area contributed by atoms with Gasteiger partial charge < -0.3 is 33.6 Å². The topological polar surface area (TPSA) is 86.6 Å². The van der Waals surface area contributed by atoms with Gasteiger partial charge in [0.15, 0.2) is 8.32 Å². The molecule has 230 valence electrons. The molecular formula is C32H49BrO7Si. The van der Waals surface area contributed by atoms with E-state index in [1.807, 2.05) is 48.5 Å². The predicted molar refractivity (Wildman–Crippen MR) is 168 cm³/mol. The smallest absolute Gasteiger partial charge is 0.192 e. The summed E-state index contributed by atoms with van der Waals surface area (Å²) in [5, 5.41) is 21.4. The van der Waals surface area contributed by atoms with Crippen LogP contribution in [0.2, 0.25) is 18.1 Å². The van der Waals surface area contributed by atoms with E-state index < -0.39 is 26.6 Å². The molecule has 6 atom stereocenters. The Morgan fingerprint density at radius 2 is 1.54 bits per heavy atom. The second-order valence-electron chi connectivity index (χ2n) is 10.9. The van der Waals surface area contributed by atoms with E-state index >= 15 is 0 Å². The van der Waals surface area contributed by atoms with Crippen LogP contribution in [0, 0.1) is 0 Å². The fourth-order valence-corrected chi connectivity index (χ4v) is 8.73. The first kappa shape index (κ1) is 34.2. The maximum absolute atomic E-state index is 11.4. The van der Waals surface area contributed by atoms with Crippen LogP contribution >= 0.6 is 15.9 Å². The van der Waals surface area contributed by atoms with Gasteiger partial charge in [0, 0.05) is 17.3 Å². The van der Waals surface area contributed by atoms with Gasteiger partial charge in [0.25, 0.3) is 0 Å². The van der Waals surface area contributed by atoms with Gasteiger partial charge in [-0.3, -0.25) is 0 Å². The molecule has 1 heterocycles. The first-order chi connectivity index (χ1) is 19.8. The minimum Gasteiger partial charge on any atom is -0.497 e. The Morgan fingerprint density at radius 3 is 2.10 bits per heavy atom. The Bertz CT molecular complexity index is 994. The number of benzene rings is 2. The van der Waals surface area contributed by atoms with Crippen LogP contribution in [0.4, 0.5) is 0 Å². The number of methoxy groups -OCH3 is 1. The van der Waals surface area contributed by atoms with Gasteiger partial charge in [-0.05, 0) is 59.9 Å². The molecule has 0 saturated carbocycles. The molecule has 0 spiro atoms. The largest absolute Gasteiger partial charge is 0.497 e. The number of rotatable bonds is 18. The van der Waals surface area contributed by atoms with Crippen LogP contribution in [0.3, 0.4) is 0 Å². The molecule has 0 radical (unpaired) electrons. The van der Waals surface area contributed by atoms with E-state index in [4.69, 9.17) is 23.4 Å². The summed E-state index contributed by atoms with van der Waals surface area (Å²) in [4.78, 5) is 0. The van der Waals surface area contributed by atoms with E-state index in [0.717, 1.165) is 45.9 Å². The minimum absolute atomic E-state index is 0.131. The SMILES string of the molecule is CC[C@@H](O[Si](CC)(CC)CC)[C@H](C[C@H](O)[C@@H]1C[C@H](OCc2ccc(Br)cc2)[C@H](CO)O1)OCc1ccc(OC)cc1. The van der Waals surface area contributed by atoms with Crippen molar-refractivity contribution in [1.82, 2.24) is 0 Å². The molecule has 9 heteroatoms. The summed E-state index contributed by atoms with van der Waals surface area (Å²) in [5.41, 5.74) is 2.07. The lowest BCUT2D eigenvalue weighted by atomic mass is 9.98. The Morgan fingerprint density at radius 1 is 0.927 bits per heavy atom. The number of aliphatic hydroxyl groups excluding tert-OH is 2. The zero-order valence-electron chi connectivity index (χ0n) is 25.3. The summed E-state index contributed by atoms with van der Waals surface area (Å²) in [5.74, 6) is 0.800. The zero-order chi connectivity index (χ0) is 29.8. The van der Waals surface area contributed by atoms with E-state index in [1.54, 1.807) is 7.11 Å². The molecule has 0 aromatic heterocycles. The Hall–Kier alpha value is -1.30.